The van der Waals surface area contributed by atoms with Crippen LogP contribution in [0.2, 0.25) is 0 Å². The van der Waals surface area contributed by atoms with Crippen molar-refractivity contribution in [3.05, 3.63) is 64.7 Å². The standard InChI is InChI=1S/C21H18N8/c1-13-10-16(4-3-9-22)11-14(2)18(13)26-21-28-19(24)27-20(29-21)25-17-7-5-15(12-23)6-8-17/h3-8,10-11H,1-2H3,(H4,24,25,26,27,28,29)/b4-3-. The van der Waals surface area contributed by atoms with Crippen LogP contribution in [0.1, 0.15) is 22.3 Å². The molecule has 0 fully saturated rings. The quantitative estimate of drug-likeness (QED) is 0.564. The van der Waals surface area contributed by atoms with E-state index in [1.54, 1.807) is 30.3 Å². The number of nitrogens with one attached hydrogen (secondary N) is 2. The van der Waals surface area contributed by atoms with E-state index in [1.807, 2.05) is 32.0 Å². The highest BCUT2D eigenvalue weighted by Gasteiger charge is 2.10. The zero-order valence-electron chi connectivity index (χ0n) is 15.9. The molecule has 0 aliphatic rings. The van der Waals surface area contributed by atoms with Gasteiger partial charge < -0.3 is 16.4 Å². The Bertz CT molecular complexity index is 1130. The lowest BCUT2D eigenvalue weighted by atomic mass is 10.0. The summed E-state index contributed by atoms with van der Waals surface area (Å²) < 4.78 is 0. The molecule has 3 aromatic rings. The van der Waals surface area contributed by atoms with Gasteiger partial charge in [0.25, 0.3) is 0 Å². The molecule has 29 heavy (non-hydrogen) atoms. The zero-order chi connectivity index (χ0) is 20.8. The van der Waals surface area contributed by atoms with Crippen molar-refractivity contribution in [2.24, 2.45) is 0 Å². The highest BCUT2D eigenvalue weighted by atomic mass is 15.2. The van der Waals surface area contributed by atoms with Gasteiger partial charge in [-0.15, -0.1) is 0 Å². The number of nitrogen functional groups attached to an aromatic ring is 1. The summed E-state index contributed by atoms with van der Waals surface area (Å²) in [5.74, 6) is 0.663. The number of nitrogens with two attached hydrogens (primary N) is 1. The fourth-order valence-corrected chi connectivity index (χ4v) is 2.80. The lowest BCUT2D eigenvalue weighted by Crippen LogP contribution is -2.08. The number of nitrogens with zero attached hydrogens (tertiary/aromatic N) is 5. The molecular weight excluding hydrogens is 364 g/mol. The number of aryl methyl sites for hydroxylation is 2. The average molecular weight is 382 g/mol. The molecule has 0 amide bonds. The van der Waals surface area contributed by atoms with Crippen molar-refractivity contribution in [2.75, 3.05) is 16.4 Å². The highest BCUT2D eigenvalue weighted by Crippen LogP contribution is 2.26. The number of aromatic nitrogens is 3. The number of hydrogen-bond donors (Lipinski definition) is 3. The topological polar surface area (TPSA) is 136 Å². The molecule has 1 aromatic heterocycles. The van der Waals surface area contributed by atoms with Gasteiger partial charge in [-0.3, -0.25) is 0 Å². The Kier molecular flexibility index (Phi) is 5.67. The van der Waals surface area contributed by atoms with E-state index in [0.29, 0.717) is 11.5 Å². The van der Waals surface area contributed by atoms with Gasteiger partial charge in [-0.05, 0) is 73.0 Å². The van der Waals surface area contributed by atoms with Crippen LogP contribution < -0.4 is 16.4 Å². The molecular formula is C21H18N8. The minimum Gasteiger partial charge on any atom is -0.368 e. The predicted molar refractivity (Wildman–Crippen MR) is 113 cm³/mol. The van der Waals surface area contributed by atoms with Crippen LogP contribution in [0.15, 0.2) is 42.5 Å². The number of hydrogen-bond acceptors (Lipinski definition) is 8. The van der Waals surface area contributed by atoms with Crippen molar-refractivity contribution in [1.82, 2.24) is 15.0 Å². The van der Waals surface area contributed by atoms with Gasteiger partial charge >= 0.3 is 0 Å². The average Bonchev–Trinajstić information content (AvgIpc) is 2.69. The number of nitriles is 2. The van der Waals surface area contributed by atoms with Crippen LogP contribution in [-0.4, -0.2) is 15.0 Å². The number of benzene rings is 2. The summed E-state index contributed by atoms with van der Waals surface area (Å²) in [7, 11) is 0. The molecule has 0 spiro atoms. The van der Waals surface area contributed by atoms with Gasteiger partial charge in [-0.25, -0.2) is 0 Å². The fraction of sp³-hybridized carbons (Fsp3) is 0.0952. The van der Waals surface area contributed by atoms with Crippen LogP contribution in [0.3, 0.4) is 0 Å². The van der Waals surface area contributed by atoms with E-state index in [4.69, 9.17) is 16.3 Å². The molecule has 0 aliphatic heterocycles. The molecule has 1 heterocycles. The molecule has 0 atom stereocenters. The Morgan fingerprint density at radius 1 is 0.931 bits per heavy atom. The third-order valence-electron chi connectivity index (χ3n) is 4.06. The Morgan fingerprint density at radius 3 is 2.14 bits per heavy atom. The molecule has 0 bridgehead atoms. The molecule has 2 aromatic carbocycles. The Morgan fingerprint density at radius 2 is 1.55 bits per heavy atom. The number of allylic oxidation sites excluding steroid dienone is 1. The number of rotatable bonds is 5. The Labute approximate surface area is 168 Å². The van der Waals surface area contributed by atoms with E-state index < -0.39 is 0 Å². The lowest BCUT2D eigenvalue weighted by molar-refractivity contribution is 1.07. The maximum atomic E-state index is 8.89. The maximum absolute atomic E-state index is 8.89. The van der Waals surface area contributed by atoms with E-state index in [2.05, 4.69) is 31.7 Å². The molecule has 0 radical (unpaired) electrons. The second kappa shape index (κ2) is 8.51. The van der Waals surface area contributed by atoms with E-state index in [0.717, 1.165) is 28.1 Å². The lowest BCUT2D eigenvalue weighted by Gasteiger charge is -2.14. The first-order chi connectivity index (χ1) is 14.0. The summed E-state index contributed by atoms with van der Waals surface area (Å²) in [6.45, 7) is 3.92. The molecule has 8 nitrogen and oxygen atoms in total. The van der Waals surface area contributed by atoms with Crippen molar-refractivity contribution in [3.63, 3.8) is 0 Å². The van der Waals surface area contributed by atoms with Crippen LogP contribution in [0, 0.1) is 36.5 Å². The smallest absolute Gasteiger partial charge is 0.233 e. The van der Waals surface area contributed by atoms with Gasteiger partial charge in [0.05, 0.1) is 17.7 Å². The van der Waals surface area contributed by atoms with Crippen LogP contribution in [-0.2, 0) is 0 Å². The molecule has 0 aliphatic carbocycles. The van der Waals surface area contributed by atoms with Gasteiger partial charge in [0.2, 0.25) is 17.8 Å². The van der Waals surface area contributed by atoms with E-state index in [9.17, 15) is 0 Å². The summed E-state index contributed by atoms with van der Waals surface area (Å²) >= 11 is 0. The second-order valence-electron chi connectivity index (χ2n) is 6.27. The summed E-state index contributed by atoms with van der Waals surface area (Å²) in [5, 5.41) is 23.8. The van der Waals surface area contributed by atoms with E-state index in [-0.39, 0.29) is 11.9 Å². The molecule has 8 heteroatoms. The fourth-order valence-electron chi connectivity index (χ4n) is 2.80. The van der Waals surface area contributed by atoms with Crippen molar-refractivity contribution in [2.45, 2.75) is 13.8 Å². The van der Waals surface area contributed by atoms with E-state index >= 15 is 0 Å². The summed E-state index contributed by atoms with van der Waals surface area (Å²) in [6, 6.07) is 14.9. The van der Waals surface area contributed by atoms with Crippen molar-refractivity contribution >= 4 is 35.3 Å². The van der Waals surface area contributed by atoms with Gasteiger partial charge in [-0.2, -0.15) is 25.5 Å². The monoisotopic (exact) mass is 382 g/mol. The van der Waals surface area contributed by atoms with Crippen LogP contribution >= 0.6 is 0 Å². The summed E-state index contributed by atoms with van der Waals surface area (Å²) in [5.41, 5.74) is 10.9. The van der Waals surface area contributed by atoms with Gasteiger partial charge in [-0.1, -0.05) is 0 Å². The zero-order valence-corrected chi connectivity index (χ0v) is 15.9. The van der Waals surface area contributed by atoms with Crippen molar-refractivity contribution < 1.29 is 0 Å². The second-order valence-corrected chi connectivity index (χ2v) is 6.27. The molecule has 0 saturated heterocycles. The SMILES string of the molecule is Cc1cc(/C=C\C#N)cc(C)c1Nc1nc(N)nc(Nc2ccc(C#N)cc2)n1. The summed E-state index contributed by atoms with van der Waals surface area (Å²) in [6.07, 6.45) is 3.19. The minimum absolute atomic E-state index is 0.0718. The van der Waals surface area contributed by atoms with Gasteiger partial charge in [0, 0.05) is 17.5 Å². The molecule has 3 rings (SSSR count). The number of anilines is 5. The normalized spacial score (nSPS) is 10.3. The minimum atomic E-state index is 0.0718. The predicted octanol–water partition coefficient (Wildman–Crippen LogP) is 3.97. The largest absolute Gasteiger partial charge is 0.368 e. The Hall–Kier alpha value is -4.43. The van der Waals surface area contributed by atoms with Crippen LogP contribution in [0.25, 0.3) is 6.08 Å². The van der Waals surface area contributed by atoms with E-state index in [1.165, 1.54) is 6.08 Å². The van der Waals surface area contributed by atoms with Crippen molar-refractivity contribution in [3.8, 4) is 12.1 Å². The van der Waals surface area contributed by atoms with Gasteiger partial charge in [0.1, 0.15) is 0 Å². The molecule has 0 saturated carbocycles. The highest BCUT2D eigenvalue weighted by molar-refractivity contribution is 5.68. The summed E-state index contributed by atoms with van der Waals surface area (Å²) in [4.78, 5) is 12.6. The Balaban J connectivity index is 1.86. The first-order valence-electron chi connectivity index (χ1n) is 8.71. The first-order valence-corrected chi connectivity index (χ1v) is 8.71. The van der Waals surface area contributed by atoms with Crippen LogP contribution in [0.4, 0.5) is 29.2 Å². The third-order valence-corrected chi connectivity index (χ3v) is 4.06. The third kappa shape index (κ3) is 4.85. The van der Waals surface area contributed by atoms with Crippen LogP contribution in [0.5, 0.6) is 0 Å². The maximum Gasteiger partial charge on any atom is 0.233 e. The molecule has 0 unspecified atom stereocenters. The molecule has 142 valence electrons. The van der Waals surface area contributed by atoms with Crippen molar-refractivity contribution in [1.29, 1.82) is 10.5 Å². The first kappa shape index (κ1) is 19.3. The van der Waals surface area contributed by atoms with Gasteiger partial charge in [0.15, 0.2) is 0 Å². The molecule has 4 N–H and O–H groups in total.